The molecule has 1 aromatic rings. The summed E-state index contributed by atoms with van der Waals surface area (Å²) in [6, 6.07) is 6.62. The van der Waals surface area contributed by atoms with E-state index >= 15 is 0 Å². The van der Waals surface area contributed by atoms with E-state index in [1.54, 1.807) is 31.3 Å². The van der Waals surface area contributed by atoms with Crippen LogP contribution in [-0.4, -0.2) is 35.4 Å². The summed E-state index contributed by atoms with van der Waals surface area (Å²) >= 11 is 0. The standard InChI is InChI=1S/C13H18N2O3/c1-9(11-6-4-5-7-12(11)17)15(3)13(18)8-14-10(2)16/h4-7,9,17H,8H2,1-3H3,(H,14,16). The molecule has 0 saturated heterocycles. The third-order valence-electron chi connectivity index (χ3n) is 2.85. The number of amides is 2. The lowest BCUT2D eigenvalue weighted by Gasteiger charge is -2.26. The van der Waals surface area contributed by atoms with E-state index in [-0.39, 0.29) is 30.2 Å². The molecule has 5 heteroatoms. The highest BCUT2D eigenvalue weighted by atomic mass is 16.3. The monoisotopic (exact) mass is 250 g/mol. The van der Waals surface area contributed by atoms with Gasteiger partial charge in [0.1, 0.15) is 5.75 Å². The molecular formula is C13H18N2O3. The van der Waals surface area contributed by atoms with Crippen molar-refractivity contribution in [3.63, 3.8) is 0 Å². The molecule has 2 amide bonds. The Bertz CT molecular complexity index is 446. The zero-order valence-corrected chi connectivity index (χ0v) is 10.8. The zero-order valence-electron chi connectivity index (χ0n) is 10.8. The van der Waals surface area contributed by atoms with Crippen LogP contribution in [0.4, 0.5) is 0 Å². The van der Waals surface area contributed by atoms with Gasteiger partial charge in [0.2, 0.25) is 11.8 Å². The molecule has 0 spiro atoms. The molecule has 1 aromatic carbocycles. The Morgan fingerprint density at radius 2 is 2.00 bits per heavy atom. The van der Waals surface area contributed by atoms with Crippen molar-refractivity contribution in [3.8, 4) is 5.75 Å². The number of hydrogen-bond acceptors (Lipinski definition) is 3. The van der Waals surface area contributed by atoms with Gasteiger partial charge in [-0.05, 0) is 13.0 Å². The quantitative estimate of drug-likeness (QED) is 0.839. The van der Waals surface area contributed by atoms with Gasteiger partial charge in [-0.15, -0.1) is 0 Å². The zero-order chi connectivity index (χ0) is 13.7. The van der Waals surface area contributed by atoms with Crippen LogP contribution >= 0.6 is 0 Å². The van der Waals surface area contributed by atoms with E-state index in [0.29, 0.717) is 5.56 Å². The number of likely N-dealkylation sites (N-methyl/N-ethyl adjacent to an activating group) is 1. The minimum atomic E-state index is -0.257. The molecule has 98 valence electrons. The molecule has 0 fully saturated rings. The topological polar surface area (TPSA) is 69.6 Å². The Balaban J connectivity index is 2.72. The Kier molecular flexibility index (Phi) is 4.71. The van der Waals surface area contributed by atoms with E-state index in [2.05, 4.69) is 5.32 Å². The number of phenols is 1. The number of para-hydroxylation sites is 1. The van der Waals surface area contributed by atoms with Crippen LogP contribution in [0.3, 0.4) is 0 Å². The number of carbonyl (C=O) groups excluding carboxylic acids is 2. The second-order valence-electron chi connectivity index (χ2n) is 4.15. The fraction of sp³-hybridized carbons (Fsp3) is 0.385. The van der Waals surface area contributed by atoms with E-state index in [1.165, 1.54) is 11.8 Å². The highest BCUT2D eigenvalue weighted by Crippen LogP contribution is 2.26. The van der Waals surface area contributed by atoms with E-state index in [1.807, 2.05) is 6.92 Å². The van der Waals surface area contributed by atoms with Crippen LogP contribution in [0, 0.1) is 0 Å². The molecule has 0 bridgehead atoms. The smallest absolute Gasteiger partial charge is 0.242 e. The molecule has 0 aliphatic carbocycles. The van der Waals surface area contributed by atoms with Gasteiger partial charge >= 0.3 is 0 Å². The summed E-state index contributed by atoms with van der Waals surface area (Å²) < 4.78 is 0. The Morgan fingerprint density at radius 3 is 2.56 bits per heavy atom. The molecule has 5 nitrogen and oxygen atoms in total. The second-order valence-corrected chi connectivity index (χ2v) is 4.15. The molecule has 18 heavy (non-hydrogen) atoms. The summed E-state index contributed by atoms with van der Waals surface area (Å²) in [6.07, 6.45) is 0. The SMILES string of the molecule is CC(=O)NCC(=O)N(C)C(C)c1ccccc1O. The first-order valence-corrected chi connectivity index (χ1v) is 5.71. The molecule has 0 aromatic heterocycles. The largest absolute Gasteiger partial charge is 0.508 e. The van der Waals surface area contributed by atoms with Gasteiger partial charge in [0, 0.05) is 19.5 Å². The lowest BCUT2D eigenvalue weighted by molar-refractivity contribution is -0.133. The average molecular weight is 250 g/mol. The van der Waals surface area contributed by atoms with Gasteiger partial charge in [0.25, 0.3) is 0 Å². The Labute approximate surface area is 106 Å². The van der Waals surface area contributed by atoms with Gasteiger partial charge in [0.15, 0.2) is 0 Å². The number of hydrogen-bond donors (Lipinski definition) is 2. The van der Waals surface area contributed by atoms with Crippen molar-refractivity contribution < 1.29 is 14.7 Å². The van der Waals surface area contributed by atoms with Crippen molar-refractivity contribution in [1.29, 1.82) is 0 Å². The maximum absolute atomic E-state index is 11.8. The summed E-state index contributed by atoms with van der Waals surface area (Å²) in [5.74, 6) is -0.294. The van der Waals surface area contributed by atoms with Crippen molar-refractivity contribution in [1.82, 2.24) is 10.2 Å². The van der Waals surface area contributed by atoms with Gasteiger partial charge in [-0.1, -0.05) is 18.2 Å². The summed E-state index contributed by atoms with van der Waals surface area (Å²) in [4.78, 5) is 24.0. The van der Waals surface area contributed by atoms with E-state index in [9.17, 15) is 14.7 Å². The maximum atomic E-state index is 11.8. The number of phenolic OH excluding ortho intramolecular Hbond substituents is 1. The maximum Gasteiger partial charge on any atom is 0.242 e. The highest BCUT2D eigenvalue weighted by Gasteiger charge is 2.19. The molecule has 1 rings (SSSR count). The lowest BCUT2D eigenvalue weighted by Crippen LogP contribution is -2.38. The average Bonchev–Trinajstić information content (AvgIpc) is 2.34. The van der Waals surface area contributed by atoms with Gasteiger partial charge in [-0.25, -0.2) is 0 Å². The van der Waals surface area contributed by atoms with E-state index in [0.717, 1.165) is 0 Å². The van der Waals surface area contributed by atoms with Crippen LogP contribution in [0.1, 0.15) is 25.5 Å². The number of aromatic hydroxyl groups is 1. The second kappa shape index (κ2) is 6.05. The first kappa shape index (κ1) is 14.0. The van der Waals surface area contributed by atoms with Gasteiger partial charge in [0.05, 0.1) is 12.6 Å². The highest BCUT2D eigenvalue weighted by molar-refractivity contribution is 5.83. The van der Waals surface area contributed by atoms with Gasteiger partial charge in [-0.2, -0.15) is 0 Å². The number of nitrogens with one attached hydrogen (secondary N) is 1. The number of rotatable bonds is 4. The third kappa shape index (κ3) is 3.48. The van der Waals surface area contributed by atoms with Crippen LogP contribution in [0.25, 0.3) is 0 Å². The van der Waals surface area contributed by atoms with Crippen molar-refractivity contribution in [2.24, 2.45) is 0 Å². The molecule has 0 heterocycles. The van der Waals surface area contributed by atoms with Crippen molar-refractivity contribution >= 4 is 11.8 Å². The van der Waals surface area contributed by atoms with Crippen molar-refractivity contribution in [3.05, 3.63) is 29.8 Å². The Hall–Kier alpha value is -2.04. The minimum Gasteiger partial charge on any atom is -0.508 e. The first-order valence-electron chi connectivity index (χ1n) is 5.71. The number of carbonyl (C=O) groups is 2. The summed E-state index contributed by atoms with van der Waals surface area (Å²) in [5.41, 5.74) is 0.677. The van der Waals surface area contributed by atoms with Crippen LogP contribution in [-0.2, 0) is 9.59 Å². The number of nitrogens with zero attached hydrogens (tertiary/aromatic N) is 1. The summed E-state index contributed by atoms with van der Waals surface area (Å²) in [5, 5.41) is 12.2. The molecular weight excluding hydrogens is 232 g/mol. The molecule has 1 unspecified atom stereocenters. The van der Waals surface area contributed by atoms with Crippen LogP contribution in [0.15, 0.2) is 24.3 Å². The van der Waals surface area contributed by atoms with E-state index in [4.69, 9.17) is 0 Å². The van der Waals surface area contributed by atoms with Gasteiger partial charge < -0.3 is 15.3 Å². The predicted molar refractivity (Wildman–Crippen MR) is 68.0 cm³/mol. The van der Waals surface area contributed by atoms with Gasteiger partial charge in [-0.3, -0.25) is 9.59 Å². The molecule has 2 N–H and O–H groups in total. The fourth-order valence-electron chi connectivity index (χ4n) is 1.59. The van der Waals surface area contributed by atoms with Crippen LogP contribution in [0.5, 0.6) is 5.75 Å². The number of benzene rings is 1. The molecule has 0 aliphatic heterocycles. The fourth-order valence-corrected chi connectivity index (χ4v) is 1.59. The van der Waals surface area contributed by atoms with Crippen molar-refractivity contribution in [2.45, 2.75) is 19.9 Å². The molecule has 0 saturated carbocycles. The van der Waals surface area contributed by atoms with Crippen LogP contribution < -0.4 is 5.32 Å². The van der Waals surface area contributed by atoms with E-state index < -0.39 is 0 Å². The Morgan fingerprint density at radius 1 is 1.39 bits per heavy atom. The lowest BCUT2D eigenvalue weighted by atomic mass is 10.1. The van der Waals surface area contributed by atoms with Crippen LogP contribution in [0.2, 0.25) is 0 Å². The predicted octanol–water partition coefficient (Wildman–Crippen LogP) is 1.05. The molecule has 0 radical (unpaired) electrons. The summed E-state index contributed by atoms with van der Waals surface area (Å²) in [7, 11) is 1.64. The normalized spacial score (nSPS) is 11.7. The minimum absolute atomic E-state index is 0.0379. The molecule has 1 atom stereocenters. The first-order chi connectivity index (χ1) is 8.43. The molecule has 0 aliphatic rings. The third-order valence-corrected chi connectivity index (χ3v) is 2.85. The summed E-state index contributed by atoms with van der Waals surface area (Å²) in [6.45, 7) is 3.14. The van der Waals surface area contributed by atoms with Crippen molar-refractivity contribution in [2.75, 3.05) is 13.6 Å².